The molecule has 0 amide bonds. The third-order valence-corrected chi connectivity index (χ3v) is 6.23. The second-order valence-corrected chi connectivity index (χ2v) is 8.96. The van der Waals surface area contributed by atoms with Crippen LogP contribution in [0.15, 0.2) is 23.1 Å². The van der Waals surface area contributed by atoms with Gasteiger partial charge in [0.15, 0.2) is 6.29 Å². The highest BCUT2D eigenvalue weighted by Crippen LogP contribution is 2.36. The van der Waals surface area contributed by atoms with Gasteiger partial charge in [0, 0.05) is 22.7 Å². The zero-order valence-electron chi connectivity index (χ0n) is 16.0. The van der Waals surface area contributed by atoms with Crippen LogP contribution in [0.2, 0.25) is 0 Å². The molecule has 26 heavy (non-hydrogen) atoms. The van der Waals surface area contributed by atoms with Crippen molar-refractivity contribution in [3.63, 3.8) is 0 Å². The summed E-state index contributed by atoms with van der Waals surface area (Å²) in [7, 11) is -0.675. The van der Waals surface area contributed by atoms with Gasteiger partial charge in [-0.2, -0.15) is 0 Å². The minimum Gasteiger partial charge on any atom is -0.399 e. The van der Waals surface area contributed by atoms with E-state index >= 15 is 0 Å². The lowest BCUT2D eigenvalue weighted by Crippen LogP contribution is -2.41. The molecule has 1 aromatic rings. The normalized spacial score (nSPS) is 24.8. The number of hydrogen-bond donors (Lipinski definition) is 0. The van der Waals surface area contributed by atoms with Crippen LogP contribution < -0.4 is 5.46 Å². The van der Waals surface area contributed by atoms with E-state index in [0.29, 0.717) is 12.1 Å². The molecular weight excluding hydrogens is 354 g/mol. The number of hydrogen-bond acceptors (Lipinski definition) is 5. The van der Waals surface area contributed by atoms with Crippen molar-refractivity contribution in [3.05, 3.63) is 24.0 Å². The Hall–Kier alpha value is -0.595. The summed E-state index contributed by atoms with van der Waals surface area (Å²) in [5.41, 5.74) is -0.508. The molecule has 144 valence electrons. The van der Waals surface area contributed by atoms with Crippen LogP contribution in [-0.4, -0.2) is 43.6 Å². The van der Waals surface area contributed by atoms with Gasteiger partial charge in [0.25, 0.3) is 0 Å². The smallest absolute Gasteiger partial charge is 0.399 e. The van der Waals surface area contributed by atoms with Crippen molar-refractivity contribution < 1.29 is 23.2 Å². The Balaban J connectivity index is 1.51. The van der Waals surface area contributed by atoms with Crippen molar-refractivity contribution in [1.82, 2.24) is 0 Å². The highest BCUT2D eigenvalue weighted by atomic mass is 32.2. The summed E-state index contributed by atoms with van der Waals surface area (Å²) in [5, 5.41) is 0. The lowest BCUT2D eigenvalue weighted by Gasteiger charge is -2.32. The first kappa shape index (κ1) is 20.1. The van der Waals surface area contributed by atoms with Crippen LogP contribution in [0.5, 0.6) is 0 Å². The zero-order valence-corrected chi connectivity index (χ0v) is 16.9. The van der Waals surface area contributed by atoms with E-state index in [1.165, 1.54) is 0 Å². The van der Waals surface area contributed by atoms with E-state index in [1.807, 2.05) is 33.8 Å². The van der Waals surface area contributed by atoms with Crippen molar-refractivity contribution in [2.24, 2.45) is 0 Å². The maximum atomic E-state index is 14.6. The van der Waals surface area contributed by atoms with Gasteiger partial charge in [-0.05, 0) is 59.1 Å². The van der Waals surface area contributed by atoms with Gasteiger partial charge < -0.3 is 18.8 Å². The summed E-state index contributed by atoms with van der Waals surface area (Å²) in [5.74, 6) is 0.458. The topological polar surface area (TPSA) is 36.9 Å². The summed E-state index contributed by atoms with van der Waals surface area (Å²) in [4.78, 5) is 0.871. The Bertz CT molecular complexity index is 604. The quantitative estimate of drug-likeness (QED) is 0.426. The summed E-state index contributed by atoms with van der Waals surface area (Å²) < 4.78 is 37.7. The van der Waals surface area contributed by atoms with E-state index in [1.54, 1.807) is 23.9 Å². The fourth-order valence-electron chi connectivity index (χ4n) is 2.94. The molecule has 0 spiro atoms. The molecule has 2 aliphatic rings. The molecule has 2 fully saturated rings. The molecule has 0 aliphatic carbocycles. The maximum absolute atomic E-state index is 14.6. The summed E-state index contributed by atoms with van der Waals surface area (Å²) in [6.07, 6.45) is 3.15. The largest absolute Gasteiger partial charge is 0.497 e. The lowest BCUT2D eigenvalue weighted by atomic mass is 9.79. The summed E-state index contributed by atoms with van der Waals surface area (Å²) in [6, 6.07) is 5.21. The van der Waals surface area contributed by atoms with E-state index in [2.05, 4.69) is 0 Å². The summed E-state index contributed by atoms with van der Waals surface area (Å²) >= 11 is 1.57. The first-order valence-electron chi connectivity index (χ1n) is 9.30. The molecule has 1 atom stereocenters. The molecule has 1 aromatic carbocycles. The van der Waals surface area contributed by atoms with Crippen LogP contribution in [-0.2, 0) is 18.8 Å². The number of halogens is 1. The van der Waals surface area contributed by atoms with E-state index in [4.69, 9.17) is 18.8 Å². The molecule has 0 saturated carbocycles. The lowest BCUT2D eigenvalue weighted by molar-refractivity contribution is -0.158. The van der Waals surface area contributed by atoms with Crippen LogP contribution in [0, 0.1) is 5.82 Å². The molecule has 0 aromatic heterocycles. The van der Waals surface area contributed by atoms with Crippen LogP contribution in [0.3, 0.4) is 0 Å². The first-order chi connectivity index (χ1) is 12.3. The predicted molar refractivity (Wildman–Crippen MR) is 102 cm³/mol. The highest BCUT2D eigenvalue weighted by molar-refractivity contribution is 7.99. The number of rotatable bonds is 6. The number of benzene rings is 1. The van der Waals surface area contributed by atoms with E-state index in [-0.39, 0.29) is 12.1 Å². The minimum atomic E-state index is -0.675. The highest BCUT2D eigenvalue weighted by Gasteiger charge is 2.52. The SMILES string of the molecule is CC1(C)OB(c2ccc(SCCOC3CCCCO3)cc2F)OC1(C)C. The van der Waals surface area contributed by atoms with Crippen LogP contribution in [0.1, 0.15) is 47.0 Å². The van der Waals surface area contributed by atoms with Gasteiger partial charge in [-0.15, -0.1) is 11.8 Å². The van der Waals surface area contributed by atoms with E-state index in [0.717, 1.165) is 36.5 Å². The van der Waals surface area contributed by atoms with Crippen LogP contribution in [0.4, 0.5) is 4.39 Å². The Morgan fingerprint density at radius 2 is 1.92 bits per heavy atom. The average Bonchev–Trinajstić information content (AvgIpc) is 2.80. The molecular formula is C19H28BFO4S. The van der Waals surface area contributed by atoms with Crippen molar-refractivity contribution >= 4 is 24.3 Å². The third-order valence-electron chi connectivity index (χ3n) is 5.27. The molecule has 2 heterocycles. The van der Waals surface area contributed by atoms with E-state index in [9.17, 15) is 4.39 Å². The molecule has 3 rings (SSSR count). The maximum Gasteiger partial charge on any atom is 0.497 e. The monoisotopic (exact) mass is 382 g/mol. The van der Waals surface area contributed by atoms with Crippen LogP contribution >= 0.6 is 11.8 Å². The third kappa shape index (κ3) is 4.62. The van der Waals surface area contributed by atoms with Gasteiger partial charge in [0.2, 0.25) is 0 Å². The Kier molecular flexibility index (Phi) is 6.35. The first-order valence-corrected chi connectivity index (χ1v) is 10.3. The molecule has 0 N–H and O–H groups in total. The van der Waals surface area contributed by atoms with Crippen molar-refractivity contribution in [1.29, 1.82) is 0 Å². The van der Waals surface area contributed by atoms with Gasteiger partial charge in [-0.25, -0.2) is 4.39 Å². The van der Waals surface area contributed by atoms with Gasteiger partial charge in [0.1, 0.15) is 5.82 Å². The predicted octanol–water partition coefficient (Wildman–Crippen LogP) is 3.76. The zero-order chi connectivity index (χ0) is 18.8. The van der Waals surface area contributed by atoms with Crippen molar-refractivity contribution in [3.8, 4) is 0 Å². The van der Waals surface area contributed by atoms with Gasteiger partial charge in [0.05, 0.1) is 17.8 Å². The van der Waals surface area contributed by atoms with Crippen molar-refractivity contribution in [2.45, 2.75) is 69.3 Å². The number of thioether (sulfide) groups is 1. The average molecular weight is 382 g/mol. The number of ether oxygens (including phenoxy) is 2. The summed E-state index contributed by atoms with van der Waals surface area (Å²) in [6.45, 7) is 9.23. The Morgan fingerprint density at radius 3 is 2.54 bits per heavy atom. The standard InChI is InChI=1S/C19H28BFO4S/c1-18(2)19(3,4)25-20(24-18)15-9-8-14(13-16(15)21)26-12-11-23-17-7-5-6-10-22-17/h8-9,13,17H,5-7,10-12H2,1-4H3. The molecule has 2 aliphatic heterocycles. The Labute approximate surface area is 160 Å². The molecule has 0 bridgehead atoms. The molecule has 0 radical (unpaired) electrons. The van der Waals surface area contributed by atoms with Gasteiger partial charge in [-0.3, -0.25) is 0 Å². The second-order valence-electron chi connectivity index (χ2n) is 7.79. The molecule has 7 heteroatoms. The fourth-order valence-corrected chi connectivity index (χ4v) is 3.71. The van der Waals surface area contributed by atoms with Crippen LogP contribution in [0.25, 0.3) is 0 Å². The fraction of sp³-hybridized carbons (Fsp3) is 0.684. The minimum absolute atomic E-state index is 0.0770. The van der Waals surface area contributed by atoms with E-state index < -0.39 is 18.3 Å². The molecule has 4 nitrogen and oxygen atoms in total. The second kappa shape index (κ2) is 8.19. The van der Waals surface area contributed by atoms with Crippen molar-refractivity contribution in [2.75, 3.05) is 19.0 Å². The molecule has 1 unspecified atom stereocenters. The van der Waals surface area contributed by atoms with Gasteiger partial charge in [-0.1, -0.05) is 6.07 Å². The molecule has 2 saturated heterocycles. The Morgan fingerprint density at radius 1 is 1.19 bits per heavy atom. The van der Waals surface area contributed by atoms with Gasteiger partial charge >= 0.3 is 7.12 Å².